The van der Waals surface area contributed by atoms with E-state index in [4.69, 9.17) is 4.42 Å². The van der Waals surface area contributed by atoms with Gasteiger partial charge in [-0.3, -0.25) is 0 Å². The fourth-order valence-electron chi connectivity index (χ4n) is 8.02. The van der Waals surface area contributed by atoms with E-state index in [-0.39, 0.29) is 5.41 Å². The van der Waals surface area contributed by atoms with Crippen molar-refractivity contribution in [2.45, 2.75) is 19.3 Å². The first-order chi connectivity index (χ1) is 23.0. The summed E-state index contributed by atoms with van der Waals surface area (Å²) in [6.45, 7) is 4.69. The molecule has 0 amide bonds. The highest BCUT2D eigenvalue weighted by molar-refractivity contribution is 6.11. The lowest BCUT2D eigenvalue weighted by molar-refractivity contribution is 0.660. The number of rotatable bonds is 3. The summed E-state index contributed by atoms with van der Waals surface area (Å²) in [4.78, 5) is 0. The van der Waals surface area contributed by atoms with E-state index >= 15 is 0 Å². The lowest BCUT2D eigenvalue weighted by Gasteiger charge is -2.22. The summed E-state index contributed by atoms with van der Waals surface area (Å²) in [5.74, 6) is 0. The summed E-state index contributed by atoms with van der Waals surface area (Å²) in [5, 5.41) is 4.78. The molecule has 0 bridgehead atoms. The molecule has 9 aromatic rings. The highest BCUT2D eigenvalue weighted by atomic mass is 16.3. The van der Waals surface area contributed by atoms with Crippen LogP contribution in [-0.2, 0) is 5.41 Å². The number of furan rings is 1. The largest absolute Gasteiger partial charge is 0.456 e. The van der Waals surface area contributed by atoms with Crippen molar-refractivity contribution in [2.75, 3.05) is 0 Å². The third kappa shape index (κ3) is 3.79. The van der Waals surface area contributed by atoms with Gasteiger partial charge in [0.15, 0.2) is 0 Å². The minimum atomic E-state index is -0.00894. The lowest BCUT2D eigenvalue weighted by atomic mass is 9.81. The Morgan fingerprint density at radius 3 is 1.89 bits per heavy atom. The van der Waals surface area contributed by atoms with Crippen LogP contribution in [0.2, 0.25) is 0 Å². The Kier molecular flexibility index (Phi) is 5.37. The molecule has 222 valence electrons. The molecule has 2 nitrogen and oxygen atoms in total. The predicted molar refractivity (Wildman–Crippen MR) is 196 cm³/mol. The minimum absolute atomic E-state index is 0.00894. The Balaban J connectivity index is 1.07. The molecule has 1 aliphatic carbocycles. The smallest absolute Gasteiger partial charge is 0.135 e. The molecule has 7 aromatic carbocycles. The van der Waals surface area contributed by atoms with Gasteiger partial charge in [0.1, 0.15) is 11.2 Å². The standard InChI is InChI=1S/C45H31NO/c1-45(2)39-12-6-3-9-33(39)34-22-19-30(25-40(34)45)28-15-17-29(18-16-28)31-20-23-36-35-10-4-7-13-41(35)46(42(36)26-31)32-21-24-44-38(27-32)37-11-5-8-14-43(37)47-44/h3-27H,1-2H3. The normalized spacial score (nSPS) is 13.5. The maximum Gasteiger partial charge on any atom is 0.135 e. The number of hydrogen-bond acceptors (Lipinski definition) is 1. The molecule has 0 N–H and O–H groups in total. The number of para-hydroxylation sites is 2. The summed E-state index contributed by atoms with van der Waals surface area (Å²) < 4.78 is 8.55. The van der Waals surface area contributed by atoms with E-state index in [1.165, 1.54) is 66.3 Å². The number of fused-ring (bicyclic) bond motifs is 9. The van der Waals surface area contributed by atoms with Gasteiger partial charge in [0.2, 0.25) is 0 Å². The van der Waals surface area contributed by atoms with Crippen molar-refractivity contribution in [1.29, 1.82) is 0 Å². The fraction of sp³-hybridized carbons (Fsp3) is 0.0667. The first kappa shape index (κ1) is 26.4. The predicted octanol–water partition coefficient (Wildman–Crippen LogP) is 12.3. The molecule has 2 heteroatoms. The van der Waals surface area contributed by atoms with Gasteiger partial charge in [-0.15, -0.1) is 0 Å². The molecule has 0 radical (unpaired) electrons. The Bertz CT molecular complexity index is 2700. The van der Waals surface area contributed by atoms with E-state index in [9.17, 15) is 0 Å². The zero-order valence-electron chi connectivity index (χ0n) is 26.3. The second-order valence-corrected chi connectivity index (χ2v) is 13.4. The number of benzene rings is 7. The summed E-state index contributed by atoms with van der Waals surface area (Å²) in [7, 11) is 0. The third-order valence-corrected chi connectivity index (χ3v) is 10.4. The van der Waals surface area contributed by atoms with E-state index in [1.54, 1.807) is 0 Å². The molecule has 0 saturated carbocycles. The van der Waals surface area contributed by atoms with Gasteiger partial charge >= 0.3 is 0 Å². The summed E-state index contributed by atoms with van der Waals surface area (Å²) >= 11 is 0. The van der Waals surface area contributed by atoms with Crippen LogP contribution in [0.3, 0.4) is 0 Å². The first-order valence-corrected chi connectivity index (χ1v) is 16.3. The zero-order valence-corrected chi connectivity index (χ0v) is 26.3. The van der Waals surface area contributed by atoms with Crippen LogP contribution < -0.4 is 0 Å². The Labute approximate surface area is 273 Å². The van der Waals surface area contributed by atoms with E-state index in [2.05, 4.69) is 158 Å². The molecule has 0 fully saturated rings. The fourth-order valence-corrected chi connectivity index (χ4v) is 8.02. The minimum Gasteiger partial charge on any atom is -0.456 e. The molecule has 0 atom stereocenters. The average molecular weight is 602 g/mol. The SMILES string of the molecule is CC1(C)c2ccccc2-c2ccc(-c3ccc(-c4ccc5c6ccccc6n(-c6ccc7oc8ccccc8c7c6)c5c4)cc3)cc21. The molecular formula is C45H31NO. The topological polar surface area (TPSA) is 18.1 Å². The highest BCUT2D eigenvalue weighted by Gasteiger charge is 2.35. The van der Waals surface area contributed by atoms with Gasteiger partial charge in [0.05, 0.1) is 11.0 Å². The monoisotopic (exact) mass is 601 g/mol. The molecule has 1 aliphatic rings. The number of hydrogen-bond donors (Lipinski definition) is 0. The van der Waals surface area contributed by atoms with Crippen LogP contribution in [0.4, 0.5) is 0 Å². The van der Waals surface area contributed by atoms with Crippen molar-refractivity contribution in [2.24, 2.45) is 0 Å². The molecule has 0 unspecified atom stereocenters. The van der Waals surface area contributed by atoms with Crippen LogP contribution in [0.15, 0.2) is 156 Å². The van der Waals surface area contributed by atoms with Gasteiger partial charge in [0, 0.05) is 32.6 Å². The van der Waals surface area contributed by atoms with Crippen molar-refractivity contribution in [3.8, 4) is 39.1 Å². The highest BCUT2D eigenvalue weighted by Crippen LogP contribution is 2.49. The van der Waals surface area contributed by atoms with Crippen LogP contribution in [-0.4, -0.2) is 4.57 Å². The van der Waals surface area contributed by atoms with E-state index in [0.29, 0.717) is 0 Å². The Morgan fingerprint density at radius 2 is 1.04 bits per heavy atom. The molecular weight excluding hydrogens is 571 g/mol. The van der Waals surface area contributed by atoms with Crippen LogP contribution in [0.1, 0.15) is 25.0 Å². The maximum absolute atomic E-state index is 6.16. The first-order valence-electron chi connectivity index (χ1n) is 16.3. The van der Waals surface area contributed by atoms with Crippen LogP contribution in [0.5, 0.6) is 0 Å². The second-order valence-electron chi connectivity index (χ2n) is 13.4. The maximum atomic E-state index is 6.16. The molecule has 0 saturated heterocycles. The van der Waals surface area contributed by atoms with Crippen LogP contribution >= 0.6 is 0 Å². The van der Waals surface area contributed by atoms with Crippen molar-refractivity contribution in [3.05, 3.63) is 163 Å². The summed E-state index contributed by atoms with van der Waals surface area (Å²) in [6.07, 6.45) is 0. The van der Waals surface area contributed by atoms with Gasteiger partial charge in [-0.1, -0.05) is 123 Å². The van der Waals surface area contributed by atoms with Crippen molar-refractivity contribution >= 4 is 43.7 Å². The number of aromatic nitrogens is 1. The quantitative estimate of drug-likeness (QED) is 0.197. The van der Waals surface area contributed by atoms with Crippen LogP contribution in [0, 0.1) is 0 Å². The lowest BCUT2D eigenvalue weighted by Crippen LogP contribution is -2.14. The van der Waals surface area contributed by atoms with Gasteiger partial charge < -0.3 is 8.98 Å². The average Bonchev–Trinajstić information content (AvgIpc) is 3.73. The van der Waals surface area contributed by atoms with Gasteiger partial charge in [-0.05, 0) is 87.0 Å². The molecule has 2 aromatic heterocycles. The van der Waals surface area contributed by atoms with E-state index in [0.717, 1.165) is 27.6 Å². The van der Waals surface area contributed by atoms with Gasteiger partial charge in [-0.25, -0.2) is 0 Å². The van der Waals surface area contributed by atoms with Gasteiger partial charge in [-0.2, -0.15) is 0 Å². The van der Waals surface area contributed by atoms with Crippen molar-refractivity contribution < 1.29 is 4.42 Å². The van der Waals surface area contributed by atoms with E-state index < -0.39 is 0 Å². The zero-order chi connectivity index (χ0) is 31.3. The molecule has 0 spiro atoms. The second kappa shape index (κ2) is 9.57. The van der Waals surface area contributed by atoms with Gasteiger partial charge in [0.25, 0.3) is 0 Å². The summed E-state index contributed by atoms with van der Waals surface area (Å²) in [5.41, 5.74) is 15.8. The molecule has 0 aliphatic heterocycles. The number of nitrogens with zero attached hydrogens (tertiary/aromatic N) is 1. The Hall–Kier alpha value is -5.86. The summed E-state index contributed by atoms with van der Waals surface area (Å²) in [6, 6.07) is 55.3. The molecule has 47 heavy (non-hydrogen) atoms. The Morgan fingerprint density at radius 1 is 0.426 bits per heavy atom. The molecule has 10 rings (SSSR count). The molecule has 2 heterocycles. The van der Waals surface area contributed by atoms with Crippen LogP contribution in [0.25, 0.3) is 82.8 Å². The van der Waals surface area contributed by atoms with Crippen molar-refractivity contribution in [3.63, 3.8) is 0 Å². The van der Waals surface area contributed by atoms with Crippen molar-refractivity contribution in [1.82, 2.24) is 4.57 Å². The van der Waals surface area contributed by atoms with E-state index in [1.807, 2.05) is 12.1 Å². The third-order valence-electron chi connectivity index (χ3n) is 10.4.